The van der Waals surface area contributed by atoms with Gasteiger partial charge in [0.15, 0.2) is 0 Å². The highest BCUT2D eigenvalue weighted by molar-refractivity contribution is 5.82. The highest BCUT2D eigenvalue weighted by atomic mass is 16.4. The fraction of sp³-hybridized carbons (Fsp3) is 0.818. The van der Waals surface area contributed by atoms with Crippen molar-refractivity contribution in [3.63, 3.8) is 0 Å². The van der Waals surface area contributed by atoms with Crippen molar-refractivity contribution in [1.82, 2.24) is 10.6 Å². The second-order valence-electron chi connectivity index (χ2n) is 4.49. The molecule has 6 nitrogen and oxygen atoms in total. The van der Waals surface area contributed by atoms with Gasteiger partial charge in [0.05, 0.1) is 0 Å². The third kappa shape index (κ3) is 3.59. The molecule has 0 aromatic rings. The van der Waals surface area contributed by atoms with Gasteiger partial charge in [-0.25, -0.2) is 9.59 Å². The first-order valence-corrected chi connectivity index (χ1v) is 5.95. The Labute approximate surface area is 100 Å². The number of nitrogens with one attached hydrogen (secondary N) is 2. The summed E-state index contributed by atoms with van der Waals surface area (Å²) in [6.07, 6.45) is 3.83. The molecule has 4 N–H and O–H groups in total. The molecule has 1 atom stereocenters. The van der Waals surface area contributed by atoms with E-state index in [0.29, 0.717) is 0 Å². The Kier molecular flexibility index (Phi) is 4.74. The minimum Gasteiger partial charge on any atom is -0.480 e. The van der Waals surface area contributed by atoms with Crippen molar-refractivity contribution < 1.29 is 19.8 Å². The molecule has 1 aliphatic rings. The van der Waals surface area contributed by atoms with Crippen LogP contribution in [-0.4, -0.2) is 40.4 Å². The van der Waals surface area contributed by atoms with Crippen LogP contribution < -0.4 is 10.6 Å². The van der Waals surface area contributed by atoms with Crippen molar-refractivity contribution >= 4 is 12.0 Å². The maximum absolute atomic E-state index is 11.6. The molecule has 1 rings (SSSR count). The quantitative estimate of drug-likeness (QED) is 0.545. The molecule has 0 spiro atoms. The Bertz CT molecular complexity index is 284. The summed E-state index contributed by atoms with van der Waals surface area (Å²) in [5.74, 6) is -1.13. The van der Waals surface area contributed by atoms with Gasteiger partial charge in [0.25, 0.3) is 0 Å². The predicted molar refractivity (Wildman–Crippen MR) is 61.7 cm³/mol. The molecule has 98 valence electrons. The molecule has 0 heterocycles. The average molecular weight is 244 g/mol. The van der Waals surface area contributed by atoms with E-state index in [-0.39, 0.29) is 18.6 Å². The Morgan fingerprint density at radius 2 is 2.06 bits per heavy atom. The van der Waals surface area contributed by atoms with Crippen LogP contribution in [0, 0.1) is 0 Å². The second-order valence-corrected chi connectivity index (χ2v) is 4.49. The van der Waals surface area contributed by atoms with E-state index >= 15 is 0 Å². The van der Waals surface area contributed by atoms with Crippen LogP contribution in [0.5, 0.6) is 0 Å². The molecule has 6 heteroatoms. The molecule has 0 aromatic heterocycles. The van der Waals surface area contributed by atoms with Gasteiger partial charge in [0.1, 0.15) is 6.04 Å². The summed E-state index contributed by atoms with van der Waals surface area (Å²) in [7, 11) is 0. The van der Waals surface area contributed by atoms with Crippen LogP contribution in [0.4, 0.5) is 4.79 Å². The van der Waals surface area contributed by atoms with E-state index in [9.17, 15) is 9.59 Å². The highest BCUT2D eigenvalue weighted by Crippen LogP contribution is 2.34. The van der Waals surface area contributed by atoms with E-state index in [2.05, 4.69) is 10.6 Å². The molecular formula is C11H20N2O4. The monoisotopic (exact) mass is 244 g/mol. The molecule has 0 aromatic carbocycles. The summed E-state index contributed by atoms with van der Waals surface area (Å²) < 4.78 is 0. The van der Waals surface area contributed by atoms with Crippen LogP contribution in [0.3, 0.4) is 0 Å². The van der Waals surface area contributed by atoms with Crippen molar-refractivity contribution in [2.45, 2.75) is 50.6 Å². The lowest BCUT2D eigenvalue weighted by Crippen LogP contribution is -2.58. The van der Waals surface area contributed by atoms with Crippen LogP contribution in [0.25, 0.3) is 0 Å². The number of carbonyl (C=O) groups is 2. The van der Waals surface area contributed by atoms with Crippen LogP contribution in [0.1, 0.15) is 39.0 Å². The number of carboxylic acids is 1. The van der Waals surface area contributed by atoms with E-state index in [0.717, 1.165) is 25.7 Å². The Morgan fingerprint density at radius 3 is 2.41 bits per heavy atom. The third-order valence-corrected chi connectivity index (χ3v) is 3.39. The number of urea groups is 1. The first-order chi connectivity index (χ1) is 8.03. The summed E-state index contributed by atoms with van der Waals surface area (Å²) in [6, 6.07) is -1.50. The van der Waals surface area contributed by atoms with Gasteiger partial charge < -0.3 is 20.8 Å². The molecule has 0 radical (unpaired) electrons. The van der Waals surface area contributed by atoms with Gasteiger partial charge in [-0.05, 0) is 25.7 Å². The minimum absolute atomic E-state index is 0.0158. The SMILES string of the molecule is CCC1(NC(=O)N[C@@H](CCO)C(=O)O)CCC1. The maximum atomic E-state index is 11.6. The molecule has 1 fully saturated rings. The zero-order valence-corrected chi connectivity index (χ0v) is 10.0. The second kappa shape index (κ2) is 5.86. The third-order valence-electron chi connectivity index (χ3n) is 3.39. The van der Waals surface area contributed by atoms with Crippen molar-refractivity contribution in [2.24, 2.45) is 0 Å². The van der Waals surface area contributed by atoms with Gasteiger partial charge in [0, 0.05) is 18.6 Å². The largest absolute Gasteiger partial charge is 0.480 e. The van der Waals surface area contributed by atoms with Crippen LogP contribution in [0.15, 0.2) is 0 Å². The number of hydrogen-bond donors (Lipinski definition) is 4. The van der Waals surface area contributed by atoms with Crippen molar-refractivity contribution in [2.75, 3.05) is 6.61 Å². The van der Waals surface area contributed by atoms with Crippen LogP contribution in [-0.2, 0) is 4.79 Å². The first kappa shape index (κ1) is 13.8. The van der Waals surface area contributed by atoms with Gasteiger partial charge in [-0.2, -0.15) is 0 Å². The lowest BCUT2D eigenvalue weighted by Gasteiger charge is -2.42. The fourth-order valence-corrected chi connectivity index (χ4v) is 1.99. The Balaban J connectivity index is 2.44. The zero-order valence-electron chi connectivity index (χ0n) is 10.0. The molecule has 17 heavy (non-hydrogen) atoms. The van der Waals surface area contributed by atoms with Gasteiger partial charge in [-0.15, -0.1) is 0 Å². The summed E-state index contributed by atoms with van der Waals surface area (Å²) >= 11 is 0. The number of carboxylic acid groups (broad SMARTS) is 1. The van der Waals surface area contributed by atoms with Crippen molar-refractivity contribution in [1.29, 1.82) is 0 Å². The molecule has 0 unspecified atom stereocenters. The number of amides is 2. The molecule has 1 saturated carbocycles. The summed E-state index contributed by atoms with van der Waals surface area (Å²) in [4.78, 5) is 22.4. The minimum atomic E-state index is -1.13. The molecule has 2 amide bonds. The summed E-state index contributed by atoms with van der Waals surface area (Å²) in [5.41, 5.74) is -0.160. The standard InChI is InChI=1S/C11H20N2O4/c1-2-11(5-3-6-11)13-10(17)12-8(4-7-14)9(15)16/h8,14H,2-7H2,1H3,(H,15,16)(H2,12,13,17)/t8-/m0/s1. The van der Waals surface area contributed by atoms with E-state index in [4.69, 9.17) is 10.2 Å². The Hall–Kier alpha value is -1.30. The molecule has 0 bridgehead atoms. The number of hydrogen-bond acceptors (Lipinski definition) is 3. The van der Waals surface area contributed by atoms with Gasteiger partial charge in [0.2, 0.25) is 0 Å². The number of aliphatic carboxylic acids is 1. The highest BCUT2D eigenvalue weighted by Gasteiger charge is 2.37. The van der Waals surface area contributed by atoms with Gasteiger partial charge >= 0.3 is 12.0 Å². The molecule has 0 aliphatic heterocycles. The smallest absolute Gasteiger partial charge is 0.326 e. The van der Waals surface area contributed by atoms with Gasteiger partial charge in [-0.1, -0.05) is 6.92 Å². The van der Waals surface area contributed by atoms with Crippen LogP contribution >= 0.6 is 0 Å². The average Bonchev–Trinajstić information content (AvgIpc) is 2.22. The van der Waals surface area contributed by atoms with Gasteiger partial charge in [-0.3, -0.25) is 0 Å². The van der Waals surface area contributed by atoms with Crippen molar-refractivity contribution in [3.8, 4) is 0 Å². The number of carbonyl (C=O) groups excluding carboxylic acids is 1. The van der Waals surface area contributed by atoms with Crippen LogP contribution in [0.2, 0.25) is 0 Å². The lowest BCUT2D eigenvalue weighted by molar-refractivity contribution is -0.139. The number of rotatable bonds is 6. The van der Waals surface area contributed by atoms with E-state index < -0.39 is 18.0 Å². The maximum Gasteiger partial charge on any atom is 0.326 e. The topological polar surface area (TPSA) is 98.7 Å². The van der Waals surface area contributed by atoms with E-state index in [1.165, 1.54) is 0 Å². The molecular weight excluding hydrogens is 224 g/mol. The van der Waals surface area contributed by atoms with E-state index in [1.807, 2.05) is 6.92 Å². The fourth-order valence-electron chi connectivity index (χ4n) is 1.99. The zero-order chi connectivity index (χ0) is 12.9. The molecule has 1 aliphatic carbocycles. The van der Waals surface area contributed by atoms with E-state index in [1.54, 1.807) is 0 Å². The van der Waals surface area contributed by atoms with Crippen molar-refractivity contribution in [3.05, 3.63) is 0 Å². The lowest BCUT2D eigenvalue weighted by atomic mass is 9.75. The summed E-state index contributed by atoms with van der Waals surface area (Å²) in [6.45, 7) is 1.73. The first-order valence-electron chi connectivity index (χ1n) is 5.95. The Morgan fingerprint density at radius 1 is 1.41 bits per heavy atom. The summed E-state index contributed by atoms with van der Waals surface area (Å²) in [5, 5.41) is 22.7. The normalized spacial score (nSPS) is 18.9. The number of aliphatic hydroxyl groups excluding tert-OH is 1. The molecule has 0 saturated heterocycles. The predicted octanol–water partition coefficient (Wildman–Crippen LogP) is 0.454. The number of aliphatic hydroxyl groups is 1.